The average molecular weight is 494 g/mol. The largest absolute Gasteiger partial charge is 0.388 e. The molecule has 3 rings (SSSR count). The Morgan fingerprint density at radius 2 is 1.58 bits per heavy atom. The number of aliphatic hydroxyl groups excluding tert-OH is 1. The zero-order valence-corrected chi connectivity index (χ0v) is 20.9. The van der Waals surface area contributed by atoms with Crippen LogP contribution in [-0.2, 0) is 16.1 Å². The van der Waals surface area contributed by atoms with Gasteiger partial charge in [-0.2, -0.15) is 0 Å². The number of likely N-dealkylation sites (N-methyl/N-ethyl adjacent to an activating group) is 2. The van der Waals surface area contributed by atoms with Crippen LogP contribution in [0.5, 0.6) is 0 Å². The van der Waals surface area contributed by atoms with Crippen molar-refractivity contribution in [3.8, 4) is 11.8 Å². The van der Waals surface area contributed by atoms with Gasteiger partial charge in [-0.25, -0.2) is 4.39 Å². The monoisotopic (exact) mass is 493 g/mol. The molecular weight excluding hydrogens is 461 g/mol. The van der Waals surface area contributed by atoms with Crippen molar-refractivity contribution in [2.75, 3.05) is 33.8 Å². The number of alkyl halides is 1. The Kier molecular flexibility index (Phi) is 8.97. The number of likely N-dealkylation sites (tertiary alicyclic amines) is 1. The SMILES string of the molecule is CNC(=O)[C@@](C)(C(=O)CO)N(C)C(=O)c1ccc(C#Cc2ccc(CN3CCC(F)CC3)cc2)cc1. The van der Waals surface area contributed by atoms with Gasteiger partial charge in [-0.1, -0.05) is 24.0 Å². The highest BCUT2D eigenvalue weighted by Crippen LogP contribution is 2.19. The van der Waals surface area contributed by atoms with Crippen molar-refractivity contribution in [3.63, 3.8) is 0 Å². The third kappa shape index (κ3) is 6.17. The number of benzene rings is 2. The van der Waals surface area contributed by atoms with Crippen LogP contribution in [-0.4, -0.2) is 78.0 Å². The Balaban J connectivity index is 1.66. The topological polar surface area (TPSA) is 90.0 Å². The second-order valence-electron chi connectivity index (χ2n) is 9.07. The molecule has 2 N–H and O–H groups in total. The summed E-state index contributed by atoms with van der Waals surface area (Å²) in [5.41, 5.74) is 1.16. The fourth-order valence-electron chi connectivity index (χ4n) is 4.11. The maximum Gasteiger partial charge on any atom is 0.254 e. The summed E-state index contributed by atoms with van der Waals surface area (Å²) in [4.78, 5) is 40.9. The van der Waals surface area contributed by atoms with Gasteiger partial charge in [0.15, 0.2) is 11.3 Å². The van der Waals surface area contributed by atoms with Gasteiger partial charge in [-0.05, 0) is 61.7 Å². The Hall–Kier alpha value is -3.54. The Bertz CT molecular complexity index is 1130. The third-order valence-electron chi connectivity index (χ3n) is 6.69. The molecule has 1 aliphatic rings. The lowest BCUT2D eigenvalue weighted by Gasteiger charge is -2.35. The number of piperidine rings is 1. The molecule has 1 heterocycles. The predicted octanol–water partition coefficient (Wildman–Crippen LogP) is 2.16. The van der Waals surface area contributed by atoms with Crippen molar-refractivity contribution < 1.29 is 23.9 Å². The fourth-order valence-corrected chi connectivity index (χ4v) is 4.11. The van der Waals surface area contributed by atoms with Crippen molar-refractivity contribution in [1.29, 1.82) is 0 Å². The number of aliphatic hydroxyl groups is 1. The van der Waals surface area contributed by atoms with E-state index in [1.807, 2.05) is 24.3 Å². The highest BCUT2D eigenvalue weighted by atomic mass is 19.1. The minimum atomic E-state index is -1.84. The second kappa shape index (κ2) is 11.9. The third-order valence-corrected chi connectivity index (χ3v) is 6.69. The minimum Gasteiger partial charge on any atom is -0.388 e. The van der Waals surface area contributed by atoms with E-state index < -0.39 is 35.9 Å². The molecule has 2 aromatic rings. The van der Waals surface area contributed by atoms with Crippen molar-refractivity contribution >= 4 is 17.6 Å². The van der Waals surface area contributed by atoms with Gasteiger partial charge >= 0.3 is 0 Å². The average Bonchev–Trinajstić information content (AvgIpc) is 2.91. The van der Waals surface area contributed by atoms with Crippen LogP contribution in [0.15, 0.2) is 48.5 Å². The Labute approximate surface area is 211 Å². The lowest BCUT2D eigenvalue weighted by atomic mass is 9.92. The maximum absolute atomic E-state index is 13.3. The van der Waals surface area contributed by atoms with Gasteiger partial charge < -0.3 is 15.3 Å². The summed E-state index contributed by atoms with van der Waals surface area (Å²) in [5, 5.41) is 11.7. The first-order valence-corrected chi connectivity index (χ1v) is 11.9. The molecule has 0 unspecified atom stereocenters. The summed E-state index contributed by atoms with van der Waals surface area (Å²) in [7, 11) is 2.71. The van der Waals surface area contributed by atoms with Gasteiger partial charge in [-0.3, -0.25) is 19.3 Å². The maximum atomic E-state index is 13.3. The van der Waals surface area contributed by atoms with Gasteiger partial charge in [0, 0.05) is 50.4 Å². The Morgan fingerprint density at radius 1 is 1.06 bits per heavy atom. The van der Waals surface area contributed by atoms with Gasteiger partial charge in [0.2, 0.25) is 0 Å². The number of Topliss-reactive ketones (excluding diaryl/α,β-unsaturated/α-hetero) is 1. The molecule has 0 bridgehead atoms. The molecule has 1 saturated heterocycles. The normalized spacial score (nSPS) is 15.8. The zero-order valence-electron chi connectivity index (χ0n) is 20.9. The van der Waals surface area contributed by atoms with Crippen LogP contribution in [0.1, 0.15) is 46.8 Å². The molecule has 1 atom stereocenters. The van der Waals surface area contributed by atoms with Crippen LogP contribution >= 0.6 is 0 Å². The summed E-state index contributed by atoms with van der Waals surface area (Å²) >= 11 is 0. The highest BCUT2D eigenvalue weighted by Gasteiger charge is 2.46. The molecule has 0 aliphatic carbocycles. The van der Waals surface area contributed by atoms with Crippen LogP contribution in [0.25, 0.3) is 0 Å². The standard InChI is InChI=1S/C28H32FN3O4/c1-28(25(34)19-33,27(36)30-2)31(3)26(35)23-12-10-21(11-13-23)5-4-20-6-8-22(9-7-20)18-32-16-14-24(29)15-17-32/h6-13,24,33H,14-19H2,1-3H3,(H,30,36)/t28-/m1/s1. The van der Waals surface area contributed by atoms with Crippen molar-refractivity contribution in [1.82, 2.24) is 15.1 Å². The second-order valence-corrected chi connectivity index (χ2v) is 9.07. The van der Waals surface area contributed by atoms with Crippen LogP contribution < -0.4 is 5.32 Å². The number of rotatable bonds is 7. The van der Waals surface area contributed by atoms with E-state index in [2.05, 4.69) is 22.1 Å². The van der Waals surface area contributed by atoms with Gasteiger partial charge in [0.25, 0.3) is 11.8 Å². The quantitative estimate of drug-likeness (QED) is 0.456. The van der Waals surface area contributed by atoms with Crippen molar-refractivity contribution in [2.45, 2.75) is 38.0 Å². The van der Waals surface area contributed by atoms with Crippen LogP contribution in [0, 0.1) is 11.8 Å². The van der Waals surface area contributed by atoms with Crippen LogP contribution in [0.2, 0.25) is 0 Å². The summed E-state index contributed by atoms with van der Waals surface area (Å²) < 4.78 is 13.3. The molecule has 2 amide bonds. The molecule has 2 aromatic carbocycles. The molecule has 0 radical (unpaired) electrons. The molecule has 1 aliphatic heterocycles. The van der Waals surface area contributed by atoms with E-state index in [0.29, 0.717) is 18.4 Å². The molecule has 0 spiro atoms. The number of hydrogen-bond acceptors (Lipinski definition) is 5. The van der Waals surface area contributed by atoms with E-state index in [0.717, 1.165) is 35.7 Å². The number of carbonyl (C=O) groups excluding carboxylic acids is 3. The molecular formula is C28H32FN3O4. The number of amides is 2. The first-order valence-electron chi connectivity index (χ1n) is 11.9. The molecule has 8 heteroatoms. The lowest BCUT2D eigenvalue weighted by molar-refractivity contribution is -0.143. The summed E-state index contributed by atoms with van der Waals surface area (Å²) in [6.45, 7) is 2.79. The van der Waals surface area contributed by atoms with Gasteiger partial charge in [0.05, 0.1) is 0 Å². The molecule has 0 saturated carbocycles. The number of ketones is 1. The lowest BCUT2D eigenvalue weighted by Crippen LogP contribution is -2.62. The van der Waals surface area contributed by atoms with E-state index in [-0.39, 0.29) is 5.56 Å². The van der Waals surface area contributed by atoms with Gasteiger partial charge in [-0.15, -0.1) is 0 Å². The number of hydrogen-bond donors (Lipinski definition) is 2. The first-order chi connectivity index (χ1) is 17.2. The number of halogens is 1. The van der Waals surface area contributed by atoms with E-state index >= 15 is 0 Å². The minimum absolute atomic E-state index is 0.282. The number of nitrogens with one attached hydrogen (secondary N) is 1. The van der Waals surface area contributed by atoms with Crippen molar-refractivity contribution in [2.24, 2.45) is 0 Å². The van der Waals surface area contributed by atoms with E-state index in [1.54, 1.807) is 24.3 Å². The van der Waals surface area contributed by atoms with Crippen molar-refractivity contribution in [3.05, 3.63) is 70.8 Å². The first kappa shape index (κ1) is 27.1. The zero-order chi connectivity index (χ0) is 26.3. The Morgan fingerprint density at radius 3 is 2.08 bits per heavy atom. The summed E-state index contributed by atoms with van der Waals surface area (Å²) in [6, 6.07) is 14.5. The van der Waals surface area contributed by atoms with Crippen LogP contribution in [0.4, 0.5) is 4.39 Å². The van der Waals surface area contributed by atoms with Crippen LogP contribution in [0.3, 0.4) is 0 Å². The summed E-state index contributed by atoms with van der Waals surface area (Å²) in [5.74, 6) is 4.17. The van der Waals surface area contributed by atoms with E-state index in [4.69, 9.17) is 0 Å². The summed E-state index contributed by atoms with van der Waals surface area (Å²) in [6.07, 6.45) is 0.516. The fraction of sp³-hybridized carbons (Fsp3) is 0.393. The molecule has 190 valence electrons. The number of nitrogens with zero attached hydrogens (tertiary/aromatic N) is 2. The van der Waals surface area contributed by atoms with E-state index in [9.17, 15) is 23.9 Å². The molecule has 36 heavy (non-hydrogen) atoms. The van der Waals surface area contributed by atoms with Gasteiger partial charge in [0.1, 0.15) is 12.8 Å². The predicted molar refractivity (Wildman–Crippen MR) is 135 cm³/mol. The molecule has 0 aromatic heterocycles. The number of carbonyl (C=O) groups is 3. The highest BCUT2D eigenvalue weighted by molar-refractivity contribution is 6.14. The van der Waals surface area contributed by atoms with E-state index in [1.165, 1.54) is 21.0 Å². The molecule has 1 fully saturated rings. The smallest absolute Gasteiger partial charge is 0.254 e. The molecule has 7 nitrogen and oxygen atoms in total.